The Hall–Kier alpha value is -2.17. The van der Waals surface area contributed by atoms with Crippen LogP contribution in [-0.4, -0.2) is 30.2 Å². The minimum atomic E-state index is -0.498. The predicted molar refractivity (Wildman–Crippen MR) is 99.8 cm³/mol. The summed E-state index contributed by atoms with van der Waals surface area (Å²) in [5.74, 6) is -0.0422. The van der Waals surface area contributed by atoms with Crippen LogP contribution in [0, 0.1) is 6.92 Å². The third-order valence-electron chi connectivity index (χ3n) is 4.42. The quantitative estimate of drug-likeness (QED) is 0.576. The monoisotopic (exact) mass is 341 g/mol. The molecule has 0 saturated heterocycles. The van der Waals surface area contributed by atoms with Crippen molar-refractivity contribution in [1.29, 1.82) is 0 Å². The van der Waals surface area contributed by atoms with E-state index in [2.05, 4.69) is 31.2 Å². The molecule has 4 heteroatoms. The molecule has 0 heterocycles. The Morgan fingerprint density at radius 3 is 2.16 bits per heavy atom. The second kappa shape index (κ2) is 9.35. The lowest BCUT2D eigenvalue weighted by Crippen LogP contribution is -2.24. The molecular weight excluding hydrogens is 314 g/mol. The number of nitrogens with zero attached hydrogens (tertiary/aromatic N) is 1. The van der Waals surface area contributed by atoms with Crippen LogP contribution in [0.15, 0.2) is 48.5 Å². The molecule has 25 heavy (non-hydrogen) atoms. The Labute approximate surface area is 150 Å². The van der Waals surface area contributed by atoms with Gasteiger partial charge < -0.3 is 5.11 Å². The molecule has 1 N–H and O–H groups in total. The first-order chi connectivity index (χ1) is 12.0. The topological polar surface area (TPSA) is 49.8 Å². The van der Waals surface area contributed by atoms with Gasteiger partial charge in [-0.3, -0.25) is 9.63 Å². The molecule has 1 unspecified atom stereocenters. The Balaban J connectivity index is 1.83. The van der Waals surface area contributed by atoms with Gasteiger partial charge in [-0.15, -0.1) is 0 Å². The van der Waals surface area contributed by atoms with Gasteiger partial charge in [0.25, 0.3) is 0 Å². The second-order valence-electron chi connectivity index (χ2n) is 6.32. The molecule has 0 aliphatic rings. The summed E-state index contributed by atoms with van der Waals surface area (Å²) < 4.78 is 0. The van der Waals surface area contributed by atoms with E-state index in [1.807, 2.05) is 24.3 Å². The molecule has 0 saturated carbocycles. The first-order valence-corrected chi connectivity index (χ1v) is 8.67. The Morgan fingerprint density at radius 2 is 1.60 bits per heavy atom. The summed E-state index contributed by atoms with van der Waals surface area (Å²) in [7, 11) is 3.08. The van der Waals surface area contributed by atoms with Gasteiger partial charge in [-0.05, 0) is 36.5 Å². The van der Waals surface area contributed by atoms with E-state index in [0.29, 0.717) is 12.8 Å². The minimum Gasteiger partial charge on any atom is -0.388 e. The average Bonchev–Trinajstić information content (AvgIpc) is 2.65. The maximum Gasteiger partial charge on any atom is 0.245 e. The summed E-state index contributed by atoms with van der Waals surface area (Å²) >= 11 is 0. The van der Waals surface area contributed by atoms with Crippen molar-refractivity contribution in [3.05, 3.63) is 59.7 Å². The molecule has 2 rings (SSSR count). The number of hydrogen-bond donors (Lipinski definition) is 1. The fraction of sp³-hybridized carbons (Fsp3) is 0.381. The Bertz CT molecular complexity index is 665. The molecule has 0 spiro atoms. The van der Waals surface area contributed by atoms with Crippen LogP contribution in [0.5, 0.6) is 0 Å². The zero-order chi connectivity index (χ0) is 18.2. The zero-order valence-electron chi connectivity index (χ0n) is 15.2. The second-order valence-corrected chi connectivity index (χ2v) is 6.32. The molecule has 0 radical (unpaired) electrons. The van der Waals surface area contributed by atoms with Crippen LogP contribution in [0.3, 0.4) is 0 Å². The summed E-state index contributed by atoms with van der Waals surface area (Å²) in [6.45, 7) is 2.07. The SMILES string of the molecule is CON(C)C(=O)CCCCC(O)c1ccc(-c2ccc(C)cc2)cc1. The Kier molecular flexibility index (Phi) is 7.16. The van der Waals surface area contributed by atoms with Crippen LogP contribution >= 0.6 is 0 Å². The molecule has 0 aliphatic carbocycles. The standard InChI is InChI=1S/C21H27NO3/c1-16-8-10-17(11-9-16)18-12-14-19(15-13-18)20(23)6-4-5-7-21(24)22(2)25-3/h8-15,20,23H,4-7H2,1-3H3. The van der Waals surface area contributed by atoms with E-state index in [0.717, 1.165) is 24.0 Å². The molecule has 0 fully saturated rings. The fourth-order valence-corrected chi connectivity index (χ4v) is 2.68. The van der Waals surface area contributed by atoms with E-state index in [-0.39, 0.29) is 5.91 Å². The maximum absolute atomic E-state index is 11.6. The van der Waals surface area contributed by atoms with E-state index >= 15 is 0 Å². The number of carbonyl (C=O) groups is 1. The highest BCUT2D eigenvalue weighted by Gasteiger charge is 2.10. The molecule has 1 atom stereocenters. The number of amides is 1. The van der Waals surface area contributed by atoms with Crippen LogP contribution < -0.4 is 0 Å². The maximum atomic E-state index is 11.6. The molecule has 2 aromatic carbocycles. The predicted octanol–water partition coefficient (Wildman–Crippen LogP) is 4.28. The number of unbranched alkanes of at least 4 members (excludes halogenated alkanes) is 1. The molecular formula is C21H27NO3. The first kappa shape index (κ1) is 19.2. The van der Waals surface area contributed by atoms with Crippen molar-refractivity contribution in [2.45, 2.75) is 38.7 Å². The number of hydroxylamine groups is 2. The lowest BCUT2D eigenvalue weighted by atomic mass is 9.99. The lowest BCUT2D eigenvalue weighted by Gasteiger charge is -2.14. The van der Waals surface area contributed by atoms with Gasteiger partial charge in [-0.2, -0.15) is 0 Å². The van der Waals surface area contributed by atoms with Crippen molar-refractivity contribution in [3.8, 4) is 11.1 Å². The van der Waals surface area contributed by atoms with Crippen LogP contribution in [0.4, 0.5) is 0 Å². The number of aliphatic hydroxyl groups excluding tert-OH is 1. The fourth-order valence-electron chi connectivity index (χ4n) is 2.68. The van der Waals surface area contributed by atoms with Gasteiger partial charge in [-0.1, -0.05) is 60.5 Å². The van der Waals surface area contributed by atoms with Crippen LogP contribution in [-0.2, 0) is 9.63 Å². The van der Waals surface area contributed by atoms with Gasteiger partial charge in [0.05, 0.1) is 13.2 Å². The molecule has 134 valence electrons. The van der Waals surface area contributed by atoms with E-state index in [1.54, 1.807) is 7.05 Å². The van der Waals surface area contributed by atoms with Crippen molar-refractivity contribution in [2.24, 2.45) is 0 Å². The number of rotatable bonds is 8. The number of benzene rings is 2. The number of aryl methyl sites for hydroxylation is 1. The van der Waals surface area contributed by atoms with Crippen molar-refractivity contribution in [3.63, 3.8) is 0 Å². The van der Waals surface area contributed by atoms with Gasteiger partial charge in [0.1, 0.15) is 0 Å². The van der Waals surface area contributed by atoms with E-state index in [4.69, 9.17) is 4.84 Å². The van der Waals surface area contributed by atoms with Crippen molar-refractivity contribution >= 4 is 5.91 Å². The molecule has 2 aromatic rings. The van der Waals surface area contributed by atoms with Gasteiger partial charge in [0.15, 0.2) is 0 Å². The molecule has 4 nitrogen and oxygen atoms in total. The third kappa shape index (κ3) is 5.69. The van der Waals surface area contributed by atoms with Crippen LogP contribution in [0.2, 0.25) is 0 Å². The highest BCUT2D eigenvalue weighted by molar-refractivity contribution is 5.74. The highest BCUT2D eigenvalue weighted by Crippen LogP contribution is 2.25. The average molecular weight is 341 g/mol. The zero-order valence-corrected chi connectivity index (χ0v) is 15.2. The van der Waals surface area contributed by atoms with Crippen molar-refractivity contribution in [1.82, 2.24) is 5.06 Å². The number of aliphatic hydroxyl groups is 1. The third-order valence-corrected chi connectivity index (χ3v) is 4.42. The first-order valence-electron chi connectivity index (χ1n) is 8.67. The molecule has 0 aliphatic heterocycles. The molecule has 1 amide bonds. The largest absolute Gasteiger partial charge is 0.388 e. The number of carbonyl (C=O) groups excluding carboxylic acids is 1. The number of hydrogen-bond acceptors (Lipinski definition) is 3. The summed E-state index contributed by atoms with van der Waals surface area (Å²) in [5.41, 5.74) is 4.47. The Morgan fingerprint density at radius 1 is 1.04 bits per heavy atom. The smallest absolute Gasteiger partial charge is 0.245 e. The van der Waals surface area contributed by atoms with E-state index in [9.17, 15) is 9.90 Å². The van der Waals surface area contributed by atoms with Gasteiger partial charge in [0.2, 0.25) is 5.91 Å². The summed E-state index contributed by atoms with van der Waals surface area (Å²) in [6, 6.07) is 16.4. The van der Waals surface area contributed by atoms with Gasteiger partial charge >= 0.3 is 0 Å². The normalized spacial score (nSPS) is 12.0. The van der Waals surface area contributed by atoms with Crippen molar-refractivity contribution in [2.75, 3.05) is 14.2 Å². The van der Waals surface area contributed by atoms with Gasteiger partial charge in [0, 0.05) is 13.5 Å². The summed E-state index contributed by atoms with van der Waals surface area (Å²) in [6.07, 6.45) is 2.12. The summed E-state index contributed by atoms with van der Waals surface area (Å²) in [4.78, 5) is 16.5. The lowest BCUT2D eigenvalue weighted by molar-refractivity contribution is -0.168. The minimum absolute atomic E-state index is 0.0422. The van der Waals surface area contributed by atoms with E-state index in [1.165, 1.54) is 23.3 Å². The van der Waals surface area contributed by atoms with Crippen LogP contribution in [0.1, 0.15) is 42.9 Å². The molecule has 0 aromatic heterocycles. The highest BCUT2D eigenvalue weighted by atomic mass is 16.7. The summed E-state index contributed by atoms with van der Waals surface area (Å²) in [5, 5.41) is 11.6. The molecule has 0 bridgehead atoms. The van der Waals surface area contributed by atoms with Crippen molar-refractivity contribution < 1.29 is 14.7 Å². The van der Waals surface area contributed by atoms with Crippen LogP contribution in [0.25, 0.3) is 11.1 Å². The van der Waals surface area contributed by atoms with E-state index < -0.39 is 6.10 Å². The van der Waals surface area contributed by atoms with Gasteiger partial charge in [-0.25, -0.2) is 5.06 Å².